The third-order valence-corrected chi connectivity index (χ3v) is 1.18. The number of rotatable bonds is 2. The Morgan fingerprint density at radius 1 is 1.75 bits per heavy atom. The number of nitrogens with zero attached hydrogens (tertiary/aromatic N) is 1. The van der Waals surface area contributed by atoms with E-state index in [-0.39, 0.29) is 0 Å². The normalized spacial score (nSPS) is 8.75. The summed E-state index contributed by atoms with van der Waals surface area (Å²) in [5, 5.41) is 0. The fourth-order valence-electron chi connectivity index (χ4n) is 0.226. The molecule has 0 unspecified atom stereocenters. The molecule has 0 N–H and O–H groups in total. The van der Waals surface area contributed by atoms with Gasteiger partial charge in [-0.3, -0.25) is 4.99 Å². The Morgan fingerprint density at radius 3 is 3.00 bits per heavy atom. The summed E-state index contributed by atoms with van der Waals surface area (Å²) < 4.78 is 0. The van der Waals surface area contributed by atoms with Crippen molar-refractivity contribution >= 4 is 17.3 Å². The molecule has 0 bridgehead atoms. The average Bonchev–Trinajstić information content (AvgIpc) is 1.81. The summed E-state index contributed by atoms with van der Waals surface area (Å²) in [7, 11) is 1.76. The Morgan fingerprint density at radius 2 is 2.50 bits per heavy atom. The van der Waals surface area contributed by atoms with E-state index >= 15 is 0 Å². The van der Waals surface area contributed by atoms with Gasteiger partial charge >= 0.3 is 0 Å². The molecule has 0 saturated carbocycles. The number of aliphatic imine (C=N–C) groups is 1. The Kier molecular flexibility index (Phi) is 6.23. The van der Waals surface area contributed by atoms with Crippen molar-refractivity contribution < 1.29 is 0 Å². The Bertz CT molecular complexity index is 118. The minimum absolute atomic E-state index is 0.855. The standard InChI is InChI=1S/C6H9NS/c1-3-4-5-8-6-7-2/h6H,5H2,1-2H3. The minimum atomic E-state index is 0.855. The van der Waals surface area contributed by atoms with E-state index < -0.39 is 0 Å². The SMILES string of the molecule is CC#CCSC=NC. The molecule has 0 saturated heterocycles. The van der Waals surface area contributed by atoms with Gasteiger partial charge in [-0.25, -0.2) is 0 Å². The van der Waals surface area contributed by atoms with E-state index in [1.54, 1.807) is 24.4 Å². The van der Waals surface area contributed by atoms with Crippen molar-refractivity contribution in [2.24, 2.45) is 4.99 Å². The summed E-state index contributed by atoms with van der Waals surface area (Å²) in [4.78, 5) is 3.78. The van der Waals surface area contributed by atoms with Crippen LogP contribution in [0.1, 0.15) is 6.92 Å². The van der Waals surface area contributed by atoms with Gasteiger partial charge in [0.15, 0.2) is 0 Å². The predicted molar refractivity (Wildman–Crippen MR) is 40.3 cm³/mol. The first kappa shape index (κ1) is 7.58. The van der Waals surface area contributed by atoms with E-state index in [0.717, 1.165) is 5.75 Å². The van der Waals surface area contributed by atoms with Gasteiger partial charge < -0.3 is 0 Å². The van der Waals surface area contributed by atoms with Crippen molar-refractivity contribution in [1.82, 2.24) is 0 Å². The number of hydrogen-bond donors (Lipinski definition) is 0. The second-order valence-corrected chi connectivity index (χ2v) is 1.93. The molecule has 0 fully saturated rings. The molecule has 0 spiro atoms. The Labute approximate surface area is 54.6 Å². The van der Waals surface area contributed by atoms with Gasteiger partial charge in [-0.2, -0.15) is 0 Å². The van der Waals surface area contributed by atoms with Crippen molar-refractivity contribution in [3.63, 3.8) is 0 Å². The fourth-order valence-corrected chi connectivity index (χ4v) is 0.677. The molecule has 0 radical (unpaired) electrons. The molecule has 0 aromatic heterocycles. The molecule has 8 heavy (non-hydrogen) atoms. The second kappa shape index (κ2) is 6.58. The average molecular weight is 127 g/mol. The summed E-state index contributed by atoms with van der Waals surface area (Å²) in [6.07, 6.45) is 0. The minimum Gasteiger partial charge on any atom is -0.290 e. The lowest BCUT2D eigenvalue weighted by molar-refractivity contribution is 1.49. The molecular weight excluding hydrogens is 118 g/mol. The third kappa shape index (κ3) is 5.58. The van der Waals surface area contributed by atoms with Crippen LogP contribution in [0.25, 0.3) is 0 Å². The number of hydrogen-bond acceptors (Lipinski definition) is 2. The van der Waals surface area contributed by atoms with Crippen LogP contribution in [0.2, 0.25) is 0 Å². The molecule has 0 rings (SSSR count). The lowest BCUT2D eigenvalue weighted by Gasteiger charge is -1.77. The van der Waals surface area contributed by atoms with Crippen molar-refractivity contribution in [3.05, 3.63) is 0 Å². The first-order valence-electron chi connectivity index (χ1n) is 2.33. The molecule has 0 aliphatic heterocycles. The van der Waals surface area contributed by atoms with Gasteiger partial charge in [0.1, 0.15) is 0 Å². The van der Waals surface area contributed by atoms with Gasteiger partial charge in [0.2, 0.25) is 0 Å². The summed E-state index contributed by atoms with van der Waals surface area (Å²) in [5.41, 5.74) is 1.80. The largest absolute Gasteiger partial charge is 0.290 e. The fraction of sp³-hybridized carbons (Fsp3) is 0.500. The van der Waals surface area contributed by atoms with Crippen LogP contribution in [-0.2, 0) is 0 Å². The number of thioether (sulfide) groups is 1. The van der Waals surface area contributed by atoms with E-state index in [4.69, 9.17) is 0 Å². The molecule has 44 valence electrons. The van der Waals surface area contributed by atoms with Crippen LogP contribution >= 0.6 is 11.8 Å². The molecule has 0 atom stereocenters. The van der Waals surface area contributed by atoms with Gasteiger partial charge in [0.25, 0.3) is 0 Å². The van der Waals surface area contributed by atoms with Crippen molar-refractivity contribution in [2.45, 2.75) is 6.92 Å². The predicted octanol–water partition coefficient (Wildman–Crippen LogP) is 1.40. The lowest BCUT2D eigenvalue weighted by Crippen LogP contribution is -1.68. The van der Waals surface area contributed by atoms with Crippen LogP contribution in [0.4, 0.5) is 0 Å². The summed E-state index contributed by atoms with van der Waals surface area (Å²) in [5.74, 6) is 6.55. The highest BCUT2D eigenvalue weighted by atomic mass is 32.2. The van der Waals surface area contributed by atoms with Crippen LogP contribution in [0.15, 0.2) is 4.99 Å². The maximum Gasteiger partial charge on any atom is 0.0603 e. The van der Waals surface area contributed by atoms with Gasteiger partial charge in [0, 0.05) is 7.05 Å². The van der Waals surface area contributed by atoms with Crippen LogP contribution in [-0.4, -0.2) is 18.3 Å². The van der Waals surface area contributed by atoms with Crippen molar-refractivity contribution in [2.75, 3.05) is 12.8 Å². The lowest BCUT2D eigenvalue weighted by atomic mass is 10.7. The van der Waals surface area contributed by atoms with Gasteiger partial charge in [0.05, 0.1) is 11.3 Å². The molecule has 0 aromatic rings. The van der Waals surface area contributed by atoms with Crippen LogP contribution in [0, 0.1) is 11.8 Å². The smallest absolute Gasteiger partial charge is 0.0603 e. The molecular formula is C6H9NS. The summed E-state index contributed by atoms with van der Waals surface area (Å²) in [6, 6.07) is 0. The monoisotopic (exact) mass is 127 g/mol. The van der Waals surface area contributed by atoms with Crippen molar-refractivity contribution in [1.29, 1.82) is 0 Å². The van der Waals surface area contributed by atoms with Crippen LogP contribution < -0.4 is 0 Å². The maximum absolute atomic E-state index is 3.78. The topological polar surface area (TPSA) is 12.4 Å². The van der Waals surface area contributed by atoms with Gasteiger partial charge in [-0.15, -0.1) is 17.7 Å². The van der Waals surface area contributed by atoms with E-state index in [2.05, 4.69) is 16.8 Å². The first-order chi connectivity index (χ1) is 3.91. The highest BCUT2D eigenvalue weighted by Crippen LogP contribution is 1.89. The summed E-state index contributed by atoms with van der Waals surface area (Å²) in [6.45, 7) is 1.84. The molecule has 0 aliphatic rings. The highest BCUT2D eigenvalue weighted by Gasteiger charge is 1.70. The molecule has 0 amide bonds. The summed E-state index contributed by atoms with van der Waals surface area (Å²) >= 11 is 1.61. The van der Waals surface area contributed by atoms with Gasteiger partial charge in [-0.1, -0.05) is 5.92 Å². The zero-order valence-electron chi connectivity index (χ0n) is 5.14. The molecule has 0 aliphatic carbocycles. The quantitative estimate of drug-likeness (QED) is 0.236. The maximum atomic E-state index is 3.78. The van der Waals surface area contributed by atoms with Crippen LogP contribution in [0.3, 0.4) is 0 Å². The van der Waals surface area contributed by atoms with E-state index in [0.29, 0.717) is 0 Å². The second-order valence-electron chi connectivity index (χ2n) is 1.10. The first-order valence-corrected chi connectivity index (χ1v) is 3.38. The molecule has 0 aromatic carbocycles. The Hall–Kier alpha value is -0.420. The van der Waals surface area contributed by atoms with E-state index in [1.807, 2.05) is 6.92 Å². The van der Waals surface area contributed by atoms with E-state index in [1.165, 1.54) is 0 Å². The van der Waals surface area contributed by atoms with E-state index in [9.17, 15) is 0 Å². The zero-order valence-corrected chi connectivity index (χ0v) is 5.96. The molecule has 1 nitrogen and oxygen atoms in total. The molecule has 0 heterocycles. The third-order valence-electron chi connectivity index (χ3n) is 0.512. The zero-order chi connectivity index (χ0) is 6.24. The Balaban J connectivity index is 3.01. The van der Waals surface area contributed by atoms with Crippen LogP contribution in [0.5, 0.6) is 0 Å². The van der Waals surface area contributed by atoms with Gasteiger partial charge in [-0.05, 0) is 6.92 Å². The molecule has 2 heteroatoms. The van der Waals surface area contributed by atoms with Crippen molar-refractivity contribution in [3.8, 4) is 11.8 Å². The highest BCUT2D eigenvalue weighted by molar-refractivity contribution is 8.12.